The van der Waals surface area contributed by atoms with Gasteiger partial charge in [-0.3, -0.25) is 4.79 Å². The second kappa shape index (κ2) is 4.60. The Balaban J connectivity index is 2.32. The monoisotopic (exact) mass is 196 g/mol. The lowest BCUT2D eigenvalue weighted by atomic mass is 9.92. The number of carbonyl (C=O) groups is 1. The molecule has 3 nitrogen and oxygen atoms in total. The van der Waals surface area contributed by atoms with Crippen LogP contribution in [0, 0.1) is 5.41 Å². The Kier molecular flexibility index (Phi) is 3.69. The quantitative estimate of drug-likeness (QED) is 0.666. The normalized spacial score (nSPS) is 25.5. The molecule has 3 heteroatoms. The minimum Gasteiger partial charge on any atom is -0.350 e. The lowest BCUT2D eigenvalue weighted by molar-refractivity contribution is -0.117. The smallest absolute Gasteiger partial charge is 0.243 e. The van der Waals surface area contributed by atoms with Gasteiger partial charge in [0, 0.05) is 18.7 Å². The molecule has 3 N–H and O–H groups in total. The van der Waals surface area contributed by atoms with E-state index in [4.69, 9.17) is 5.73 Å². The summed E-state index contributed by atoms with van der Waals surface area (Å²) in [6.07, 6.45) is 6.56. The van der Waals surface area contributed by atoms with Gasteiger partial charge >= 0.3 is 0 Å². The summed E-state index contributed by atoms with van der Waals surface area (Å²) in [4.78, 5) is 11.3. The first-order valence-corrected chi connectivity index (χ1v) is 5.20. The fourth-order valence-electron chi connectivity index (χ4n) is 1.98. The van der Waals surface area contributed by atoms with E-state index in [-0.39, 0.29) is 5.91 Å². The molecule has 0 heterocycles. The van der Waals surface area contributed by atoms with Crippen LogP contribution in [0.2, 0.25) is 0 Å². The minimum atomic E-state index is -0.0156. The summed E-state index contributed by atoms with van der Waals surface area (Å²) >= 11 is 0. The zero-order valence-electron chi connectivity index (χ0n) is 9.05. The van der Waals surface area contributed by atoms with Crippen LogP contribution in [-0.2, 0) is 4.79 Å². The average Bonchev–Trinajstić information content (AvgIpc) is 2.42. The molecular formula is C11H20N2O. The van der Waals surface area contributed by atoms with Gasteiger partial charge in [0.15, 0.2) is 0 Å². The van der Waals surface area contributed by atoms with Crippen LogP contribution in [-0.4, -0.2) is 18.5 Å². The molecule has 1 aliphatic carbocycles. The van der Waals surface area contributed by atoms with Gasteiger partial charge < -0.3 is 11.1 Å². The summed E-state index contributed by atoms with van der Waals surface area (Å²) < 4.78 is 0. The molecule has 1 unspecified atom stereocenters. The van der Waals surface area contributed by atoms with Crippen molar-refractivity contribution in [3.8, 4) is 0 Å². The van der Waals surface area contributed by atoms with Crippen LogP contribution in [0.25, 0.3) is 0 Å². The molecule has 0 radical (unpaired) electrons. The van der Waals surface area contributed by atoms with Crippen molar-refractivity contribution in [3.63, 3.8) is 0 Å². The average molecular weight is 196 g/mol. The predicted octanol–water partition coefficient (Wildman–Crippen LogP) is 1.20. The van der Waals surface area contributed by atoms with E-state index >= 15 is 0 Å². The fourth-order valence-corrected chi connectivity index (χ4v) is 1.98. The van der Waals surface area contributed by atoms with Crippen molar-refractivity contribution < 1.29 is 4.79 Å². The summed E-state index contributed by atoms with van der Waals surface area (Å²) in [6.45, 7) is 4.91. The van der Waals surface area contributed by atoms with Gasteiger partial charge in [-0.2, -0.15) is 0 Å². The summed E-state index contributed by atoms with van der Waals surface area (Å²) in [5.74, 6) is -0.0156. The van der Waals surface area contributed by atoms with Gasteiger partial charge in [0.25, 0.3) is 0 Å². The van der Waals surface area contributed by atoms with Crippen LogP contribution in [0.3, 0.4) is 0 Å². The van der Waals surface area contributed by atoms with Crippen molar-refractivity contribution in [1.82, 2.24) is 5.32 Å². The van der Waals surface area contributed by atoms with Crippen molar-refractivity contribution in [2.24, 2.45) is 11.1 Å². The third kappa shape index (κ3) is 3.50. The molecule has 0 aromatic heterocycles. The topological polar surface area (TPSA) is 55.1 Å². The lowest BCUT2D eigenvalue weighted by Gasteiger charge is -2.17. The van der Waals surface area contributed by atoms with Crippen LogP contribution in [0.15, 0.2) is 12.2 Å². The maximum absolute atomic E-state index is 11.3. The van der Waals surface area contributed by atoms with Crippen LogP contribution in [0.1, 0.15) is 33.1 Å². The van der Waals surface area contributed by atoms with Crippen molar-refractivity contribution >= 4 is 5.91 Å². The van der Waals surface area contributed by atoms with E-state index in [9.17, 15) is 4.79 Å². The van der Waals surface area contributed by atoms with Crippen LogP contribution in [0.5, 0.6) is 0 Å². The van der Waals surface area contributed by atoms with Gasteiger partial charge in [0.2, 0.25) is 5.91 Å². The van der Waals surface area contributed by atoms with Gasteiger partial charge in [0.05, 0.1) is 0 Å². The highest BCUT2D eigenvalue weighted by atomic mass is 16.1. The Morgan fingerprint density at radius 1 is 1.64 bits per heavy atom. The molecule has 0 saturated heterocycles. The molecule has 0 aromatic carbocycles. The highest BCUT2D eigenvalue weighted by Crippen LogP contribution is 2.36. The SMILES string of the molecule is CC1(C)CCC(NC(=O)/C=C/CN)C1. The summed E-state index contributed by atoms with van der Waals surface area (Å²) in [6, 6.07) is 0.347. The molecule has 80 valence electrons. The maximum atomic E-state index is 11.3. The molecule has 1 aliphatic rings. The van der Waals surface area contributed by atoms with Gasteiger partial charge in [-0.05, 0) is 24.7 Å². The number of hydrogen-bond acceptors (Lipinski definition) is 2. The highest BCUT2D eigenvalue weighted by molar-refractivity contribution is 5.87. The lowest BCUT2D eigenvalue weighted by Crippen LogP contribution is -2.32. The number of nitrogens with one attached hydrogen (secondary N) is 1. The van der Waals surface area contributed by atoms with Crippen molar-refractivity contribution in [2.45, 2.75) is 39.2 Å². The molecule has 1 atom stereocenters. The van der Waals surface area contributed by atoms with Crippen LogP contribution in [0.4, 0.5) is 0 Å². The van der Waals surface area contributed by atoms with Crippen molar-refractivity contribution in [1.29, 1.82) is 0 Å². The second-order valence-electron chi connectivity index (χ2n) is 4.75. The number of hydrogen-bond donors (Lipinski definition) is 2. The molecule has 1 saturated carbocycles. The van der Waals surface area contributed by atoms with E-state index in [2.05, 4.69) is 19.2 Å². The van der Waals surface area contributed by atoms with Crippen molar-refractivity contribution in [2.75, 3.05) is 6.54 Å². The predicted molar refractivity (Wildman–Crippen MR) is 57.8 cm³/mol. The van der Waals surface area contributed by atoms with E-state index < -0.39 is 0 Å². The molecule has 0 aliphatic heterocycles. The largest absolute Gasteiger partial charge is 0.350 e. The molecule has 0 bridgehead atoms. The maximum Gasteiger partial charge on any atom is 0.243 e. The zero-order valence-corrected chi connectivity index (χ0v) is 9.05. The van der Waals surface area contributed by atoms with Gasteiger partial charge in [0.1, 0.15) is 0 Å². The molecule has 1 rings (SSSR count). The Morgan fingerprint density at radius 3 is 2.86 bits per heavy atom. The number of amides is 1. The van der Waals surface area contributed by atoms with E-state index in [1.54, 1.807) is 6.08 Å². The fraction of sp³-hybridized carbons (Fsp3) is 0.727. The first-order valence-electron chi connectivity index (χ1n) is 5.20. The Labute approximate surface area is 85.7 Å². The molecule has 1 amide bonds. The van der Waals surface area contributed by atoms with Crippen molar-refractivity contribution in [3.05, 3.63) is 12.2 Å². The molecule has 14 heavy (non-hydrogen) atoms. The van der Waals surface area contributed by atoms with Gasteiger partial charge in [-0.1, -0.05) is 19.9 Å². The number of nitrogens with two attached hydrogens (primary N) is 1. The Morgan fingerprint density at radius 2 is 2.36 bits per heavy atom. The third-order valence-electron chi connectivity index (χ3n) is 2.72. The summed E-state index contributed by atoms with van der Waals surface area (Å²) in [5.41, 5.74) is 5.65. The first kappa shape index (κ1) is 11.2. The molecule has 1 fully saturated rings. The van der Waals surface area contributed by atoms with E-state index in [1.165, 1.54) is 12.5 Å². The molecule has 0 aromatic rings. The van der Waals surface area contributed by atoms with E-state index in [0.29, 0.717) is 18.0 Å². The zero-order chi connectivity index (χ0) is 10.6. The van der Waals surface area contributed by atoms with Gasteiger partial charge in [-0.15, -0.1) is 0 Å². The number of carbonyl (C=O) groups excluding carboxylic acids is 1. The Hall–Kier alpha value is -0.830. The third-order valence-corrected chi connectivity index (χ3v) is 2.72. The van der Waals surface area contributed by atoms with Crippen LogP contribution >= 0.6 is 0 Å². The minimum absolute atomic E-state index is 0.0156. The van der Waals surface area contributed by atoms with Crippen LogP contribution < -0.4 is 11.1 Å². The molecular weight excluding hydrogens is 176 g/mol. The summed E-state index contributed by atoms with van der Waals surface area (Å²) in [5, 5.41) is 2.99. The van der Waals surface area contributed by atoms with E-state index in [1.807, 2.05) is 0 Å². The second-order valence-corrected chi connectivity index (χ2v) is 4.75. The summed E-state index contributed by atoms with van der Waals surface area (Å²) in [7, 11) is 0. The molecule has 0 spiro atoms. The van der Waals surface area contributed by atoms with E-state index in [0.717, 1.165) is 12.8 Å². The highest BCUT2D eigenvalue weighted by Gasteiger charge is 2.31. The van der Waals surface area contributed by atoms with Gasteiger partial charge in [-0.25, -0.2) is 0 Å². The number of rotatable bonds is 3. The first-order chi connectivity index (χ1) is 6.53. The standard InChI is InChI=1S/C11H20N2O/c1-11(2)6-5-9(8-11)13-10(14)4-3-7-12/h3-4,9H,5-8,12H2,1-2H3,(H,13,14)/b4-3+. The Bertz CT molecular complexity index is 233.